The zero-order chi connectivity index (χ0) is 11.1. The first-order valence-corrected chi connectivity index (χ1v) is 5.93. The van der Waals surface area contributed by atoms with Gasteiger partial charge in [0.15, 0.2) is 0 Å². The summed E-state index contributed by atoms with van der Waals surface area (Å²) in [5, 5.41) is 6.84. The third-order valence-corrected chi connectivity index (χ3v) is 2.91. The van der Waals surface area contributed by atoms with Crippen LogP contribution >= 0.6 is 0 Å². The molecule has 2 atom stereocenters. The minimum Gasteiger partial charge on any atom is -0.370 e. The molecule has 1 saturated heterocycles. The summed E-state index contributed by atoms with van der Waals surface area (Å²) in [6.45, 7) is 4.01. The zero-order valence-electron chi connectivity index (χ0n) is 9.59. The molecule has 1 amide bonds. The number of nitrogens with one attached hydrogen (secondary N) is 2. The summed E-state index contributed by atoms with van der Waals surface area (Å²) < 4.78 is 0. The van der Waals surface area contributed by atoms with Crippen LogP contribution in [0.1, 0.15) is 39.0 Å². The maximum Gasteiger partial charge on any atom is 0.218 e. The molecule has 0 aromatic rings. The lowest BCUT2D eigenvalue weighted by molar-refractivity contribution is -0.117. The van der Waals surface area contributed by atoms with Crippen LogP contribution in [0.4, 0.5) is 0 Å². The maximum atomic E-state index is 10.5. The van der Waals surface area contributed by atoms with Crippen LogP contribution in [-0.2, 0) is 4.79 Å². The number of piperidine rings is 1. The molecule has 0 aromatic carbocycles. The van der Waals surface area contributed by atoms with Crippen molar-refractivity contribution in [3.05, 3.63) is 0 Å². The number of carbonyl (C=O) groups excluding carboxylic acids is 1. The van der Waals surface area contributed by atoms with Crippen LogP contribution in [0.2, 0.25) is 0 Å². The van der Waals surface area contributed by atoms with Gasteiger partial charge in [-0.3, -0.25) is 4.79 Å². The predicted molar refractivity (Wildman–Crippen MR) is 61.5 cm³/mol. The topological polar surface area (TPSA) is 67.2 Å². The molecule has 1 aliphatic heterocycles. The molecular formula is C11H23N3O. The first-order chi connectivity index (χ1) is 7.18. The molecule has 4 N–H and O–H groups in total. The molecule has 0 aliphatic carbocycles. The highest BCUT2D eigenvalue weighted by atomic mass is 16.1. The van der Waals surface area contributed by atoms with Gasteiger partial charge in [0, 0.05) is 25.0 Å². The van der Waals surface area contributed by atoms with Gasteiger partial charge in [0.25, 0.3) is 0 Å². The lowest BCUT2D eigenvalue weighted by atomic mass is 9.99. The molecule has 2 unspecified atom stereocenters. The van der Waals surface area contributed by atoms with Crippen LogP contribution in [0.3, 0.4) is 0 Å². The van der Waals surface area contributed by atoms with Gasteiger partial charge in [-0.15, -0.1) is 0 Å². The Kier molecular flexibility index (Phi) is 5.65. The quantitative estimate of drug-likeness (QED) is 0.597. The van der Waals surface area contributed by atoms with Gasteiger partial charge in [-0.25, -0.2) is 0 Å². The van der Waals surface area contributed by atoms with E-state index in [1.807, 2.05) is 0 Å². The Morgan fingerprint density at radius 2 is 2.40 bits per heavy atom. The highest BCUT2D eigenvalue weighted by molar-refractivity contribution is 5.73. The molecule has 1 heterocycles. The van der Waals surface area contributed by atoms with Gasteiger partial charge in [-0.2, -0.15) is 0 Å². The van der Waals surface area contributed by atoms with Crippen LogP contribution < -0.4 is 16.4 Å². The summed E-state index contributed by atoms with van der Waals surface area (Å²) in [6.07, 6.45) is 5.49. The van der Waals surface area contributed by atoms with E-state index in [0.29, 0.717) is 25.0 Å². The molecule has 88 valence electrons. The fourth-order valence-corrected chi connectivity index (χ4v) is 2.08. The highest BCUT2D eigenvalue weighted by Crippen LogP contribution is 2.11. The highest BCUT2D eigenvalue weighted by Gasteiger charge is 2.15. The van der Waals surface area contributed by atoms with E-state index in [1.165, 1.54) is 19.3 Å². The first kappa shape index (κ1) is 12.5. The number of hydrogen-bond donors (Lipinski definition) is 3. The first-order valence-electron chi connectivity index (χ1n) is 5.93. The molecule has 1 fully saturated rings. The maximum absolute atomic E-state index is 10.5. The summed E-state index contributed by atoms with van der Waals surface area (Å²) in [6, 6.07) is 1.11. The van der Waals surface area contributed by atoms with Gasteiger partial charge >= 0.3 is 0 Å². The van der Waals surface area contributed by atoms with Crippen molar-refractivity contribution in [2.45, 2.75) is 51.1 Å². The lowest BCUT2D eigenvalue weighted by Gasteiger charge is -2.26. The molecule has 4 heteroatoms. The number of carbonyl (C=O) groups is 1. The molecule has 0 aromatic heterocycles. The molecule has 0 saturated carbocycles. The minimum absolute atomic E-state index is 0.231. The molecule has 1 rings (SSSR count). The molecule has 0 spiro atoms. The van der Waals surface area contributed by atoms with Crippen molar-refractivity contribution < 1.29 is 4.79 Å². The van der Waals surface area contributed by atoms with Crippen molar-refractivity contribution in [3.63, 3.8) is 0 Å². The average Bonchev–Trinajstić information content (AvgIpc) is 2.18. The predicted octanol–water partition coefficient (Wildman–Crippen LogP) is 0.372. The number of rotatable bonds is 6. The summed E-state index contributed by atoms with van der Waals surface area (Å²) in [7, 11) is 0. The third-order valence-electron chi connectivity index (χ3n) is 2.91. The molecular weight excluding hydrogens is 190 g/mol. The van der Waals surface area contributed by atoms with Crippen molar-refractivity contribution in [2.24, 2.45) is 5.73 Å². The standard InChI is InChI=1S/C11H23N3O/c1-9(13-7-5-11(12)15)8-10-4-2-3-6-14-10/h9-10,13-14H,2-8H2,1H3,(H2,12,15). The Morgan fingerprint density at radius 1 is 1.60 bits per heavy atom. The van der Waals surface area contributed by atoms with Crippen molar-refractivity contribution in [1.29, 1.82) is 0 Å². The summed E-state index contributed by atoms with van der Waals surface area (Å²) in [5.74, 6) is -0.231. The second-order valence-electron chi connectivity index (χ2n) is 4.45. The molecule has 0 bridgehead atoms. The van der Waals surface area contributed by atoms with Crippen molar-refractivity contribution in [1.82, 2.24) is 10.6 Å². The second-order valence-corrected chi connectivity index (χ2v) is 4.45. The van der Waals surface area contributed by atoms with E-state index in [4.69, 9.17) is 5.73 Å². The van der Waals surface area contributed by atoms with E-state index in [9.17, 15) is 4.79 Å². The van der Waals surface area contributed by atoms with Crippen LogP contribution in [0.5, 0.6) is 0 Å². The fourth-order valence-electron chi connectivity index (χ4n) is 2.08. The monoisotopic (exact) mass is 213 g/mol. The SMILES string of the molecule is CC(CC1CCCCN1)NCCC(N)=O. The van der Waals surface area contributed by atoms with Crippen LogP contribution in [0.15, 0.2) is 0 Å². The molecule has 4 nitrogen and oxygen atoms in total. The lowest BCUT2D eigenvalue weighted by Crippen LogP contribution is -2.40. The molecule has 15 heavy (non-hydrogen) atoms. The Balaban J connectivity index is 2.06. The van der Waals surface area contributed by atoms with E-state index >= 15 is 0 Å². The second kappa shape index (κ2) is 6.80. The van der Waals surface area contributed by atoms with E-state index in [0.717, 1.165) is 13.0 Å². The Bertz CT molecular complexity index is 190. The van der Waals surface area contributed by atoms with Crippen LogP contribution in [0, 0.1) is 0 Å². The Morgan fingerprint density at radius 3 is 3.00 bits per heavy atom. The van der Waals surface area contributed by atoms with Gasteiger partial charge in [0.05, 0.1) is 0 Å². The molecule has 0 radical (unpaired) electrons. The van der Waals surface area contributed by atoms with Crippen molar-refractivity contribution >= 4 is 5.91 Å². The normalized spacial score (nSPS) is 23.7. The van der Waals surface area contributed by atoms with Gasteiger partial charge in [-0.1, -0.05) is 6.42 Å². The van der Waals surface area contributed by atoms with Crippen LogP contribution in [-0.4, -0.2) is 31.1 Å². The summed E-state index contributed by atoms with van der Waals surface area (Å²) >= 11 is 0. The van der Waals surface area contributed by atoms with Crippen LogP contribution in [0.25, 0.3) is 0 Å². The largest absolute Gasteiger partial charge is 0.370 e. The van der Waals surface area contributed by atoms with E-state index in [1.54, 1.807) is 0 Å². The van der Waals surface area contributed by atoms with Crippen molar-refractivity contribution in [2.75, 3.05) is 13.1 Å². The summed E-state index contributed by atoms with van der Waals surface area (Å²) in [4.78, 5) is 10.5. The van der Waals surface area contributed by atoms with Gasteiger partial charge in [0.2, 0.25) is 5.91 Å². The van der Waals surface area contributed by atoms with Gasteiger partial charge in [-0.05, 0) is 32.7 Å². The van der Waals surface area contributed by atoms with Gasteiger partial charge < -0.3 is 16.4 Å². The number of amides is 1. The van der Waals surface area contributed by atoms with E-state index < -0.39 is 0 Å². The third kappa shape index (κ3) is 5.74. The smallest absolute Gasteiger partial charge is 0.218 e. The zero-order valence-corrected chi connectivity index (χ0v) is 9.59. The molecule has 1 aliphatic rings. The van der Waals surface area contributed by atoms with Crippen molar-refractivity contribution in [3.8, 4) is 0 Å². The number of primary amides is 1. The average molecular weight is 213 g/mol. The van der Waals surface area contributed by atoms with Gasteiger partial charge in [0.1, 0.15) is 0 Å². The Hall–Kier alpha value is -0.610. The van der Waals surface area contributed by atoms with E-state index in [-0.39, 0.29) is 5.91 Å². The minimum atomic E-state index is -0.231. The number of nitrogens with two attached hydrogens (primary N) is 1. The fraction of sp³-hybridized carbons (Fsp3) is 0.909. The van der Waals surface area contributed by atoms with E-state index in [2.05, 4.69) is 17.6 Å². The summed E-state index contributed by atoms with van der Waals surface area (Å²) in [5.41, 5.74) is 5.07. The number of hydrogen-bond acceptors (Lipinski definition) is 3. The Labute approximate surface area is 92.0 Å².